The van der Waals surface area contributed by atoms with Crippen molar-refractivity contribution in [2.45, 2.75) is 33.5 Å². The number of benzene rings is 4. The monoisotopic (exact) mass is 886 g/mol. The van der Waals surface area contributed by atoms with E-state index in [9.17, 15) is 0 Å². The number of aromatic nitrogens is 1. The summed E-state index contributed by atoms with van der Waals surface area (Å²) in [6.07, 6.45) is 3.96. The molecular weight excluding hydrogens is 853 g/mol. The van der Waals surface area contributed by atoms with E-state index in [4.69, 9.17) is 0 Å². The van der Waals surface area contributed by atoms with Crippen LogP contribution in [0.5, 0.6) is 0 Å². The van der Waals surface area contributed by atoms with E-state index in [2.05, 4.69) is 188 Å². The summed E-state index contributed by atoms with van der Waals surface area (Å²) >= 11 is 2.88. The molecule has 1 atom stereocenters. The molecule has 6 heteroatoms. The van der Waals surface area contributed by atoms with Crippen LogP contribution in [0.2, 0.25) is 0 Å². The van der Waals surface area contributed by atoms with Crippen molar-refractivity contribution in [2.75, 3.05) is 7.05 Å². The summed E-state index contributed by atoms with van der Waals surface area (Å²) in [5.74, 6) is -0.683. The molecule has 4 aromatic carbocycles. The van der Waals surface area contributed by atoms with Crippen molar-refractivity contribution in [3.63, 3.8) is 0 Å². The van der Waals surface area contributed by atoms with Crippen molar-refractivity contribution in [1.82, 2.24) is 9.47 Å². The molecule has 0 unspecified atom stereocenters. The fraction of sp³-hybridized carbons (Fsp3) is 0.146. The molecule has 0 amide bonds. The van der Waals surface area contributed by atoms with Gasteiger partial charge in [-0.2, -0.15) is 0 Å². The third kappa shape index (κ3) is 3.59. The third-order valence-corrected chi connectivity index (χ3v) is 14.0. The summed E-state index contributed by atoms with van der Waals surface area (Å²) in [6.45, 7) is 9.44. The first-order chi connectivity index (χ1) is 22.9. The van der Waals surface area contributed by atoms with E-state index >= 15 is 0 Å². The SMILES string of the molecule is CC1=C2c3ccccc3[C-]=[N+]2[C@]2(C)N3[C](=[Yb][XeH])c4ccccc4/C3=C(\C)C3=[N+](C)/C(=C(/C)c4c5ccccc5c1n42)c1ccccc13. The fourth-order valence-electron chi connectivity index (χ4n) is 9.06. The quantitative estimate of drug-likeness (QED) is 0.117. The van der Waals surface area contributed by atoms with E-state index in [0.29, 0.717) is 0 Å². The van der Waals surface area contributed by atoms with Crippen molar-refractivity contribution in [1.29, 1.82) is 0 Å². The molecule has 2 bridgehead atoms. The Bertz CT molecular complexity index is 2540. The van der Waals surface area contributed by atoms with Gasteiger partial charge in [-0.25, -0.2) is 0 Å². The van der Waals surface area contributed by atoms with Crippen LogP contribution in [0.3, 0.4) is 0 Å². The van der Waals surface area contributed by atoms with Gasteiger partial charge in [0.2, 0.25) is 0 Å². The van der Waals surface area contributed by atoms with Gasteiger partial charge in [0.05, 0.1) is 0 Å². The number of hydrogen-bond donors (Lipinski definition) is 0. The maximum absolute atomic E-state index is 3.96. The maximum atomic E-state index is 3.96. The molecule has 0 aliphatic carbocycles. The first-order valence-corrected chi connectivity index (χ1v) is 21.7. The van der Waals surface area contributed by atoms with Crippen LogP contribution < -0.4 is 0 Å². The van der Waals surface area contributed by atoms with Gasteiger partial charge in [0.1, 0.15) is 0 Å². The zero-order chi connectivity index (χ0) is 31.9. The van der Waals surface area contributed by atoms with Crippen LogP contribution in [-0.4, -0.2) is 38.0 Å². The van der Waals surface area contributed by atoms with Crippen LogP contribution in [0.4, 0.5) is 0 Å². The minimum atomic E-state index is -0.683. The molecule has 1 aromatic heterocycles. The van der Waals surface area contributed by atoms with Gasteiger partial charge in [-0.05, 0) is 0 Å². The average Bonchev–Trinajstić information content (AvgIpc) is 3.83. The molecule has 5 aromatic rings. The fourth-order valence-corrected chi connectivity index (χ4v) is 12.4. The Balaban J connectivity index is 1.50. The molecular formula is C41H32N4XeYb+. The normalized spacial score (nSPS) is 24.7. The molecule has 5 aliphatic heterocycles. The van der Waals surface area contributed by atoms with Gasteiger partial charge in [0, 0.05) is 0 Å². The van der Waals surface area contributed by atoms with Crippen LogP contribution >= 0.6 is 0 Å². The van der Waals surface area contributed by atoms with E-state index in [-0.39, 0.29) is 26.3 Å². The molecule has 5 aliphatic rings. The zero-order valence-corrected chi connectivity index (χ0v) is 30.5. The summed E-state index contributed by atoms with van der Waals surface area (Å²) in [5, 5.41) is 2.58. The van der Waals surface area contributed by atoms with Gasteiger partial charge in [0.15, 0.2) is 0 Å². The molecule has 6 heterocycles. The second-order valence-corrected chi connectivity index (χ2v) is 16.4. The van der Waals surface area contributed by atoms with Crippen molar-refractivity contribution in [2.24, 2.45) is 0 Å². The summed E-state index contributed by atoms with van der Waals surface area (Å²) in [4.78, 5) is 2.70. The van der Waals surface area contributed by atoms with Crippen molar-refractivity contribution in [3.05, 3.63) is 147 Å². The van der Waals surface area contributed by atoms with Gasteiger partial charge < -0.3 is 0 Å². The van der Waals surface area contributed by atoms with E-state index in [0.717, 1.165) is 5.56 Å². The standard InChI is InChI=1S/C41H31N4.HXe.Yb/c1-24-35-31-18-10-11-19-32(31)36(42(35)5)25(2)39-33-20-12-13-21-34(33)40-26(3)38-30-17-9-7-15-28(30)23-44(38)41(4,45(39)40)43-22-27-14-6-8-16-29(27)37(24)43;;/h6-21H,1-5H3;1H;/q+1;;/t41-;;/m0../s1. The molecule has 0 fully saturated rings. The topological polar surface area (TPSA) is 14.2 Å². The van der Waals surface area contributed by atoms with Crippen molar-refractivity contribution >= 4 is 51.3 Å². The van der Waals surface area contributed by atoms with Crippen LogP contribution in [0, 0.1) is 57.7 Å². The number of nitrogens with zero attached hydrogens (tertiary/aromatic N) is 4. The number of rotatable bonds is 0. The minimum absolute atomic E-state index is 0.244. The summed E-state index contributed by atoms with van der Waals surface area (Å²) in [6, 6.07) is 35.9. The first-order valence-electron chi connectivity index (χ1n) is 16.0. The van der Waals surface area contributed by atoms with E-state index in [1.54, 1.807) is 0 Å². The zero-order valence-electron chi connectivity index (χ0n) is 26.7. The van der Waals surface area contributed by atoms with Crippen LogP contribution in [-0.2, 0) is 5.79 Å². The molecule has 0 spiro atoms. The predicted molar refractivity (Wildman–Crippen MR) is 184 cm³/mol. The van der Waals surface area contributed by atoms with Gasteiger partial charge in [-0.3, -0.25) is 0 Å². The van der Waals surface area contributed by atoms with Crippen molar-refractivity contribution < 1.29 is 66.9 Å². The summed E-state index contributed by atoms with van der Waals surface area (Å²) < 4.78 is 9.00. The average molecular weight is 885 g/mol. The molecule has 10 rings (SSSR count). The Morgan fingerprint density at radius 3 is 1.89 bits per heavy atom. The molecule has 0 saturated heterocycles. The Hall–Kier alpha value is -2.26. The van der Waals surface area contributed by atoms with Gasteiger partial charge in [0.25, 0.3) is 0 Å². The first kappa shape index (κ1) is 29.6. The number of fused-ring (bicyclic) bond motifs is 15. The molecule has 0 N–H and O–H groups in total. The number of hydrogen-bond acceptors (Lipinski definition) is 1. The van der Waals surface area contributed by atoms with Crippen LogP contribution in [0.25, 0.3) is 39.0 Å². The second-order valence-electron chi connectivity index (χ2n) is 13.1. The van der Waals surface area contributed by atoms with E-state index in [1.165, 1.54) is 89.9 Å². The Labute approximate surface area is 310 Å². The molecule has 47 heavy (non-hydrogen) atoms. The molecule has 4 nitrogen and oxygen atoms in total. The molecule has 237 valence electrons. The van der Waals surface area contributed by atoms with Gasteiger partial charge in [-0.15, -0.1) is 0 Å². The van der Waals surface area contributed by atoms with Crippen LogP contribution in [0.1, 0.15) is 72.5 Å². The Morgan fingerprint density at radius 1 is 0.660 bits per heavy atom. The van der Waals surface area contributed by atoms with E-state index < -0.39 is 5.79 Å². The number of allylic oxidation sites excluding steroid dienone is 3. The van der Waals surface area contributed by atoms with Crippen LogP contribution in [0.15, 0.2) is 103 Å². The van der Waals surface area contributed by atoms with Gasteiger partial charge in [-0.1, -0.05) is 0 Å². The Kier molecular flexibility index (Phi) is 6.55. The van der Waals surface area contributed by atoms with Gasteiger partial charge >= 0.3 is 316 Å². The second kappa shape index (κ2) is 10.4. The predicted octanol–water partition coefficient (Wildman–Crippen LogP) is 7.35. The summed E-state index contributed by atoms with van der Waals surface area (Å²) in [7, 11) is 2.26. The molecule has 0 radical (unpaired) electrons. The Morgan fingerprint density at radius 2 is 1.21 bits per heavy atom. The van der Waals surface area contributed by atoms with E-state index in [1.807, 2.05) is 0 Å². The summed E-state index contributed by atoms with van der Waals surface area (Å²) in [5.41, 5.74) is 19.1. The molecule has 0 saturated carbocycles. The van der Waals surface area contributed by atoms with Crippen molar-refractivity contribution in [3.8, 4) is 0 Å². The third-order valence-electron chi connectivity index (χ3n) is 10.9.